The molecular weight excluding hydrogens is 222 g/mol. The van der Waals surface area contributed by atoms with Gasteiger partial charge in [0.05, 0.1) is 6.54 Å². The fourth-order valence-corrected chi connectivity index (χ4v) is 1.26. The number of nitrogens with one attached hydrogen (secondary N) is 2. The van der Waals surface area contributed by atoms with Crippen molar-refractivity contribution in [1.29, 1.82) is 0 Å². The van der Waals surface area contributed by atoms with Crippen LogP contribution in [0.1, 0.15) is 11.3 Å². The minimum Gasteiger partial charge on any atom is -0.409 e. The number of hydrogen-bond donors (Lipinski definition) is 4. The summed E-state index contributed by atoms with van der Waals surface area (Å²) in [5, 5.41) is 16.9. The monoisotopic (exact) mass is 237 g/mol. The number of amidine groups is 1. The average Bonchev–Trinajstić information content (AvgIpc) is 2.38. The van der Waals surface area contributed by atoms with Crippen LogP contribution in [-0.2, 0) is 11.3 Å². The Morgan fingerprint density at radius 1 is 1.65 bits per heavy atom. The maximum Gasteiger partial charge on any atom is 0.233 e. The van der Waals surface area contributed by atoms with E-state index >= 15 is 0 Å². The zero-order chi connectivity index (χ0) is 12.7. The summed E-state index contributed by atoms with van der Waals surface area (Å²) in [7, 11) is 1.57. The van der Waals surface area contributed by atoms with Gasteiger partial charge in [0, 0.05) is 19.8 Å². The number of nitrogens with two attached hydrogens (primary N) is 1. The molecule has 0 aromatic carbocycles. The van der Waals surface area contributed by atoms with E-state index in [1.807, 2.05) is 0 Å². The molecule has 1 rings (SSSR count). The van der Waals surface area contributed by atoms with Crippen molar-refractivity contribution in [2.45, 2.75) is 6.54 Å². The van der Waals surface area contributed by atoms with Crippen LogP contribution in [0.5, 0.6) is 0 Å². The highest BCUT2D eigenvalue weighted by atomic mass is 16.4. The summed E-state index contributed by atoms with van der Waals surface area (Å²) in [6.07, 6.45) is 1.55. The molecule has 0 bridgehead atoms. The molecule has 0 atom stereocenters. The normalized spacial score (nSPS) is 11.2. The molecule has 0 unspecified atom stereocenters. The zero-order valence-electron chi connectivity index (χ0n) is 9.47. The van der Waals surface area contributed by atoms with E-state index in [9.17, 15) is 4.79 Å². The van der Waals surface area contributed by atoms with Crippen LogP contribution in [0.25, 0.3) is 0 Å². The van der Waals surface area contributed by atoms with Crippen LogP contribution in [0.2, 0.25) is 0 Å². The predicted octanol–water partition coefficient (Wildman–Crippen LogP) is -0.988. The summed E-state index contributed by atoms with van der Waals surface area (Å²) in [5.41, 5.74) is 6.64. The zero-order valence-corrected chi connectivity index (χ0v) is 9.47. The van der Waals surface area contributed by atoms with Gasteiger partial charge >= 0.3 is 0 Å². The van der Waals surface area contributed by atoms with E-state index in [0.717, 1.165) is 5.56 Å². The van der Waals surface area contributed by atoms with Crippen molar-refractivity contribution in [1.82, 2.24) is 15.6 Å². The SMILES string of the molecule is CNC(=O)CNCc1cccnc1C(N)=NO. The third-order valence-electron chi connectivity index (χ3n) is 2.12. The van der Waals surface area contributed by atoms with Gasteiger partial charge in [-0.25, -0.2) is 0 Å². The number of likely N-dealkylation sites (N-methyl/N-ethyl adjacent to an activating group) is 1. The summed E-state index contributed by atoms with van der Waals surface area (Å²) < 4.78 is 0. The first-order valence-electron chi connectivity index (χ1n) is 5.02. The Kier molecular flexibility index (Phi) is 4.89. The Morgan fingerprint density at radius 3 is 3.06 bits per heavy atom. The van der Waals surface area contributed by atoms with Crippen molar-refractivity contribution in [2.24, 2.45) is 10.9 Å². The first kappa shape index (κ1) is 12.9. The van der Waals surface area contributed by atoms with Crippen LogP contribution >= 0.6 is 0 Å². The minimum absolute atomic E-state index is 0.0534. The fourth-order valence-electron chi connectivity index (χ4n) is 1.26. The van der Waals surface area contributed by atoms with Gasteiger partial charge in [-0.05, 0) is 11.6 Å². The molecule has 7 heteroatoms. The molecule has 0 radical (unpaired) electrons. The Morgan fingerprint density at radius 2 is 2.41 bits per heavy atom. The number of nitrogens with zero attached hydrogens (tertiary/aromatic N) is 2. The van der Waals surface area contributed by atoms with Gasteiger partial charge in [0.15, 0.2) is 5.84 Å². The fraction of sp³-hybridized carbons (Fsp3) is 0.300. The largest absolute Gasteiger partial charge is 0.409 e. The van der Waals surface area contributed by atoms with Crippen LogP contribution < -0.4 is 16.4 Å². The summed E-state index contributed by atoms with van der Waals surface area (Å²) in [4.78, 5) is 15.0. The number of oxime groups is 1. The summed E-state index contributed by atoms with van der Waals surface area (Å²) >= 11 is 0. The van der Waals surface area contributed by atoms with E-state index in [0.29, 0.717) is 12.2 Å². The second-order valence-electron chi connectivity index (χ2n) is 3.27. The topological polar surface area (TPSA) is 113 Å². The third-order valence-corrected chi connectivity index (χ3v) is 2.12. The number of amides is 1. The Labute approximate surface area is 98.7 Å². The second kappa shape index (κ2) is 6.44. The predicted molar refractivity (Wildman–Crippen MR) is 62.5 cm³/mol. The maximum atomic E-state index is 11.0. The molecule has 7 nitrogen and oxygen atoms in total. The number of hydrogen-bond acceptors (Lipinski definition) is 5. The highest BCUT2D eigenvalue weighted by molar-refractivity contribution is 5.96. The Hall–Kier alpha value is -2.15. The van der Waals surface area contributed by atoms with E-state index in [1.54, 1.807) is 25.4 Å². The van der Waals surface area contributed by atoms with Gasteiger partial charge in [-0.2, -0.15) is 0 Å². The first-order chi connectivity index (χ1) is 8.19. The Balaban J connectivity index is 2.68. The molecule has 17 heavy (non-hydrogen) atoms. The molecule has 0 aliphatic heterocycles. The van der Waals surface area contributed by atoms with Gasteiger partial charge in [0.25, 0.3) is 0 Å². The minimum atomic E-state index is -0.112. The van der Waals surface area contributed by atoms with Crippen LogP contribution in [0.4, 0.5) is 0 Å². The highest BCUT2D eigenvalue weighted by Crippen LogP contribution is 2.04. The van der Waals surface area contributed by atoms with Gasteiger partial charge in [-0.15, -0.1) is 0 Å². The van der Waals surface area contributed by atoms with Gasteiger partial charge in [-0.3, -0.25) is 9.78 Å². The van der Waals surface area contributed by atoms with Gasteiger partial charge in [-0.1, -0.05) is 11.2 Å². The maximum absolute atomic E-state index is 11.0. The van der Waals surface area contributed by atoms with Crippen LogP contribution in [0.15, 0.2) is 23.5 Å². The second-order valence-corrected chi connectivity index (χ2v) is 3.27. The molecule has 92 valence electrons. The van der Waals surface area contributed by atoms with Crippen LogP contribution in [0, 0.1) is 0 Å². The lowest BCUT2D eigenvalue weighted by atomic mass is 10.2. The molecule has 5 N–H and O–H groups in total. The molecule has 0 spiro atoms. The number of pyridine rings is 1. The smallest absolute Gasteiger partial charge is 0.233 e. The molecule has 1 aromatic heterocycles. The summed E-state index contributed by atoms with van der Waals surface area (Å²) in [5.74, 6) is -0.165. The first-order valence-corrected chi connectivity index (χ1v) is 5.02. The van der Waals surface area contributed by atoms with Crippen molar-refractivity contribution < 1.29 is 10.0 Å². The van der Waals surface area contributed by atoms with E-state index < -0.39 is 0 Å². The van der Waals surface area contributed by atoms with Gasteiger partial charge in [0.1, 0.15) is 5.69 Å². The highest BCUT2D eigenvalue weighted by Gasteiger charge is 2.08. The summed E-state index contributed by atoms with van der Waals surface area (Å²) in [6, 6.07) is 3.53. The van der Waals surface area contributed by atoms with E-state index in [4.69, 9.17) is 10.9 Å². The van der Waals surface area contributed by atoms with Crippen LogP contribution in [-0.4, -0.2) is 35.5 Å². The number of aromatic nitrogens is 1. The van der Waals surface area contributed by atoms with E-state index in [-0.39, 0.29) is 18.3 Å². The molecule has 0 saturated carbocycles. The number of carbonyl (C=O) groups excluding carboxylic acids is 1. The van der Waals surface area contributed by atoms with Crippen molar-refractivity contribution in [3.63, 3.8) is 0 Å². The lowest BCUT2D eigenvalue weighted by Crippen LogP contribution is -2.31. The van der Waals surface area contributed by atoms with E-state index in [2.05, 4.69) is 20.8 Å². The molecule has 0 aliphatic carbocycles. The van der Waals surface area contributed by atoms with Crippen molar-refractivity contribution in [3.05, 3.63) is 29.6 Å². The lowest BCUT2D eigenvalue weighted by molar-refractivity contribution is -0.119. The van der Waals surface area contributed by atoms with Crippen molar-refractivity contribution >= 4 is 11.7 Å². The molecule has 0 fully saturated rings. The number of carbonyl (C=O) groups is 1. The quantitative estimate of drug-likeness (QED) is 0.227. The Bertz CT molecular complexity index is 419. The molecule has 1 aromatic rings. The average molecular weight is 237 g/mol. The lowest BCUT2D eigenvalue weighted by Gasteiger charge is -2.07. The van der Waals surface area contributed by atoms with Gasteiger partial charge in [0.2, 0.25) is 5.91 Å². The van der Waals surface area contributed by atoms with Gasteiger partial charge < -0.3 is 21.6 Å². The summed E-state index contributed by atoms with van der Waals surface area (Å²) in [6.45, 7) is 0.605. The van der Waals surface area contributed by atoms with E-state index in [1.165, 1.54) is 0 Å². The molecule has 0 aliphatic rings. The molecule has 1 amide bonds. The standard InChI is InChI=1S/C10H15N5O2/c1-12-8(16)6-13-5-7-3-2-4-14-9(7)10(11)15-17/h2-4,13,17H,5-6H2,1H3,(H2,11,15)(H,12,16). The molecule has 1 heterocycles. The third kappa shape index (κ3) is 3.72. The van der Waals surface area contributed by atoms with Crippen molar-refractivity contribution in [2.75, 3.05) is 13.6 Å². The molecule has 0 saturated heterocycles. The number of rotatable bonds is 5. The van der Waals surface area contributed by atoms with Crippen molar-refractivity contribution in [3.8, 4) is 0 Å². The molecular formula is C10H15N5O2. The van der Waals surface area contributed by atoms with Crippen LogP contribution in [0.3, 0.4) is 0 Å².